The molecule has 0 atom stereocenters. The lowest BCUT2D eigenvalue weighted by molar-refractivity contribution is -0.141. The summed E-state index contributed by atoms with van der Waals surface area (Å²) in [6, 6.07) is 4.12. The first-order chi connectivity index (χ1) is 14.8. The third-order valence-corrected chi connectivity index (χ3v) is 4.40. The van der Waals surface area contributed by atoms with E-state index in [4.69, 9.17) is 12.8 Å². The molecule has 0 spiro atoms. The highest BCUT2D eigenvalue weighted by Gasteiger charge is 2.32. The molecule has 1 heterocycles. The van der Waals surface area contributed by atoms with Crippen molar-refractivity contribution in [1.29, 1.82) is 0 Å². The van der Waals surface area contributed by atoms with E-state index in [-0.39, 0.29) is 34.6 Å². The summed E-state index contributed by atoms with van der Waals surface area (Å²) in [6.45, 7) is -0.165. The number of amides is 1. The minimum Gasteiger partial charge on any atom is -0.348 e. The largest absolute Gasteiger partial charge is 0.433 e. The van der Waals surface area contributed by atoms with Gasteiger partial charge in [0.2, 0.25) is 15.9 Å². The number of terminal acetylenes is 2. The van der Waals surface area contributed by atoms with Gasteiger partial charge in [-0.25, -0.2) is 17.8 Å². The molecule has 11 heteroatoms. The molecule has 1 amide bonds. The van der Waals surface area contributed by atoms with E-state index < -0.39 is 33.6 Å². The second-order valence-electron chi connectivity index (χ2n) is 6.35. The van der Waals surface area contributed by atoms with Gasteiger partial charge in [-0.2, -0.15) is 13.2 Å². The highest BCUT2D eigenvalue weighted by Crippen LogP contribution is 2.28. The van der Waals surface area contributed by atoms with Crippen LogP contribution in [0.2, 0.25) is 0 Å². The number of hydrogen-bond donors (Lipinski definition) is 2. The van der Waals surface area contributed by atoms with E-state index in [0.717, 1.165) is 30.5 Å². The van der Waals surface area contributed by atoms with Crippen LogP contribution in [-0.4, -0.2) is 25.6 Å². The summed E-state index contributed by atoms with van der Waals surface area (Å²) in [6.07, 6.45) is 8.86. The van der Waals surface area contributed by atoms with Crippen molar-refractivity contribution in [3.8, 4) is 24.7 Å². The van der Waals surface area contributed by atoms with Gasteiger partial charge in [-0.05, 0) is 41.8 Å². The van der Waals surface area contributed by atoms with Gasteiger partial charge in [0.05, 0.1) is 17.5 Å². The zero-order valence-electron chi connectivity index (χ0n) is 16.4. The molecule has 0 fully saturated rings. The van der Waals surface area contributed by atoms with Crippen molar-refractivity contribution in [2.24, 2.45) is 0 Å². The van der Waals surface area contributed by atoms with Crippen LogP contribution in [0.4, 0.5) is 23.2 Å². The number of carbonyl (C=O) groups excluding carboxylic acids is 1. The van der Waals surface area contributed by atoms with E-state index in [9.17, 15) is 30.8 Å². The van der Waals surface area contributed by atoms with Crippen LogP contribution >= 0.6 is 0 Å². The summed E-state index contributed by atoms with van der Waals surface area (Å²) in [5, 5.41) is 2.44. The quantitative estimate of drug-likeness (QED) is 0.390. The fourth-order valence-electron chi connectivity index (χ4n) is 2.46. The maximum Gasteiger partial charge on any atom is 0.433 e. The molecule has 2 rings (SSSR count). The normalized spacial score (nSPS) is 11.6. The summed E-state index contributed by atoms with van der Waals surface area (Å²) in [7, 11) is -3.77. The molecular formula is C21H15F4N3O3S. The molecule has 32 heavy (non-hydrogen) atoms. The summed E-state index contributed by atoms with van der Waals surface area (Å²) in [5.41, 5.74) is -1.54. The van der Waals surface area contributed by atoms with Crippen LogP contribution in [0.15, 0.2) is 30.3 Å². The van der Waals surface area contributed by atoms with Gasteiger partial charge in [0, 0.05) is 18.2 Å². The summed E-state index contributed by atoms with van der Waals surface area (Å²) in [4.78, 5) is 15.4. The Balaban J connectivity index is 2.14. The number of anilines is 1. The smallest absolute Gasteiger partial charge is 0.348 e. The highest BCUT2D eigenvalue weighted by molar-refractivity contribution is 7.92. The number of rotatable bonds is 6. The number of nitrogens with one attached hydrogen (secondary N) is 2. The first-order valence-corrected chi connectivity index (χ1v) is 10.5. The molecule has 0 aliphatic heterocycles. The van der Waals surface area contributed by atoms with Crippen molar-refractivity contribution in [3.05, 3.63) is 64.2 Å². The summed E-state index contributed by atoms with van der Waals surface area (Å²) in [5.74, 6) is 2.60. The Kier molecular flexibility index (Phi) is 7.28. The Labute approximate surface area is 181 Å². The van der Waals surface area contributed by atoms with Crippen molar-refractivity contribution in [2.75, 3.05) is 11.0 Å². The van der Waals surface area contributed by atoms with Crippen molar-refractivity contribution < 1.29 is 30.8 Å². The van der Waals surface area contributed by atoms with E-state index in [1.54, 1.807) is 0 Å². The first-order valence-electron chi connectivity index (χ1n) is 8.61. The Morgan fingerprint density at radius 3 is 2.47 bits per heavy atom. The van der Waals surface area contributed by atoms with Crippen molar-refractivity contribution in [3.63, 3.8) is 0 Å². The lowest BCUT2D eigenvalue weighted by atomic mass is 10.1. The Bertz CT molecular complexity index is 1270. The molecule has 0 bridgehead atoms. The van der Waals surface area contributed by atoms with Crippen LogP contribution in [0.1, 0.15) is 28.1 Å². The van der Waals surface area contributed by atoms with Gasteiger partial charge >= 0.3 is 6.18 Å². The zero-order chi connectivity index (χ0) is 24.1. The van der Waals surface area contributed by atoms with Gasteiger partial charge < -0.3 is 5.32 Å². The number of carbonyl (C=O) groups is 1. The Hall–Kier alpha value is -3.83. The summed E-state index contributed by atoms with van der Waals surface area (Å²) >= 11 is 0. The molecule has 6 nitrogen and oxygen atoms in total. The van der Waals surface area contributed by atoms with Crippen LogP contribution in [0.3, 0.4) is 0 Å². The number of nitrogens with zero attached hydrogens (tertiary/aromatic N) is 1. The second kappa shape index (κ2) is 9.54. The van der Waals surface area contributed by atoms with E-state index in [1.807, 2.05) is 10.6 Å². The summed E-state index contributed by atoms with van der Waals surface area (Å²) < 4.78 is 77.1. The molecule has 0 radical (unpaired) electrons. The van der Waals surface area contributed by atoms with E-state index in [1.165, 1.54) is 12.1 Å². The fourth-order valence-corrected chi connectivity index (χ4v) is 3.04. The molecule has 0 aliphatic carbocycles. The minimum absolute atomic E-state index is 0.0651. The van der Waals surface area contributed by atoms with Crippen LogP contribution in [0, 0.1) is 30.5 Å². The van der Waals surface area contributed by atoms with Gasteiger partial charge in [0.1, 0.15) is 17.2 Å². The third-order valence-electron chi connectivity index (χ3n) is 3.83. The molecule has 1 aromatic heterocycles. The zero-order valence-corrected chi connectivity index (χ0v) is 17.2. The van der Waals surface area contributed by atoms with Gasteiger partial charge in [0.25, 0.3) is 0 Å². The van der Waals surface area contributed by atoms with Crippen LogP contribution in [0.5, 0.6) is 0 Å². The maximum atomic E-state index is 14.3. The van der Waals surface area contributed by atoms with Crippen molar-refractivity contribution in [1.82, 2.24) is 10.3 Å². The van der Waals surface area contributed by atoms with Gasteiger partial charge in [0.15, 0.2) is 0 Å². The molecule has 0 aliphatic rings. The predicted octanol–water partition coefficient (Wildman–Crippen LogP) is 2.90. The number of hydrogen-bond acceptors (Lipinski definition) is 4. The lowest BCUT2D eigenvalue weighted by Gasteiger charge is -2.11. The molecule has 2 aromatic rings. The number of alkyl halides is 3. The first kappa shape index (κ1) is 24.4. The number of sulfonamides is 1. The molecule has 166 valence electrons. The van der Waals surface area contributed by atoms with E-state index >= 15 is 0 Å². The van der Waals surface area contributed by atoms with Crippen LogP contribution in [0.25, 0.3) is 6.08 Å². The second-order valence-corrected chi connectivity index (χ2v) is 8.09. The monoisotopic (exact) mass is 465 g/mol. The third kappa shape index (κ3) is 6.59. The minimum atomic E-state index is -4.66. The average Bonchev–Trinajstić information content (AvgIpc) is 2.70. The van der Waals surface area contributed by atoms with Crippen molar-refractivity contribution in [2.45, 2.75) is 12.7 Å². The van der Waals surface area contributed by atoms with Crippen LogP contribution in [-0.2, 0) is 27.5 Å². The van der Waals surface area contributed by atoms with Crippen LogP contribution < -0.4 is 10.0 Å². The number of aromatic nitrogens is 1. The topological polar surface area (TPSA) is 88.2 Å². The van der Waals surface area contributed by atoms with E-state index in [2.05, 4.69) is 16.2 Å². The van der Waals surface area contributed by atoms with Crippen molar-refractivity contribution >= 4 is 27.7 Å². The Morgan fingerprint density at radius 1 is 1.22 bits per heavy atom. The number of benzene rings is 1. The van der Waals surface area contributed by atoms with Gasteiger partial charge in [-0.15, -0.1) is 12.8 Å². The maximum absolute atomic E-state index is 14.3. The fraction of sp³-hybridized carbons (Fsp3) is 0.143. The molecule has 0 saturated carbocycles. The SMILES string of the molecule is C#Cc1cc(CNC(=O)C=Cc2ccc(C(F)(F)F)nc2C#C)cc(F)c1NS(C)(=O)=O. The standard InChI is InChI=1S/C21H15F4N3O3S/c1-4-14-10-13(11-16(22)20(14)28-32(3,30)31)12-26-19(29)9-7-15-6-8-18(21(23,24)25)27-17(15)5-2/h1-2,6-11,28H,12H2,3H3,(H,26,29). The molecule has 0 unspecified atom stereocenters. The highest BCUT2D eigenvalue weighted by atomic mass is 32.2. The predicted molar refractivity (Wildman–Crippen MR) is 111 cm³/mol. The van der Waals surface area contributed by atoms with Gasteiger partial charge in [-0.1, -0.05) is 5.92 Å². The lowest BCUT2D eigenvalue weighted by Crippen LogP contribution is -2.21. The van der Waals surface area contributed by atoms with E-state index in [0.29, 0.717) is 0 Å². The Morgan fingerprint density at radius 2 is 1.91 bits per heavy atom. The number of halogens is 4. The van der Waals surface area contributed by atoms with Gasteiger partial charge in [-0.3, -0.25) is 9.52 Å². The molecular weight excluding hydrogens is 450 g/mol. The molecule has 1 aromatic carbocycles. The average molecular weight is 465 g/mol. The molecule has 2 N–H and O–H groups in total. The number of pyridine rings is 1. The molecule has 0 saturated heterocycles.